The molecule has 0 bridgehead atoms. The first kappa shape index (κ1) is 15.7. The molecule has 0 amide bonds. The molecule has 0 aliphatic carbocycles. The number of aromatic nitrogens is 3. The van der Waals surface area contributed by atoms with E-state index in [4.69, 9.17) is 0 Å². The first-order valence-electron chi connectivity index (χ1n) is 7.36. The summed E-state index contributed by atoms with van der Waals surface area (Å²) in [5.74, 6) is 0.349. The van der Waals surface area contributed by atoms with Crippen molar-refractivity contribution in [1.29, 1.82) is 0 Å². The molecule has 2 heterocycles. The molecule has 0 radical (unpaired) electrons. The fourth-order valence-electron chi connectivity index (χ4n) is 2.23. The van der Waals surface area contributed by atoms with Gasteiger partial charge in [0.1, 0.15) is 11.6 Å². The predicted molar refractivity (Wildman–Crippen MR) is 89.7 cm³/mol. The van der Waals surface area contributed by atoms with Crippen LogP contribution in [0, 0.1) is 12.7 Å². The maximum atomic E-state index is 14.0. The van der Waals surface area contributed by atoms with E-state index in [9.17, 15) is 9.18 Å². The van der Waals surface area contributed by atoms with Crippen LogP contribution < -0.4 is 5.32 Å². The van der Waals surface area contributed by atoms with Crippen molar-refractivity contribution in [2.45, 2.75) is 13.8 Å². The average Bonchev–Trinajstić information content (AvgIpc) is 2.57. The van der Waals surface area contributed by atoms with Crippen LogP contribution in [0.25, 0.3) is 11.4 Å². The van der Waals surface area contributed by atoms with E-state index < -0.39 is 5.82 Å². The maximum Gasteiger partial charge on any atom is 0.163 e. The smallest absolute Gasteiger partial charge is 0.163 e. The van der Waals surface area contributed by atoms with Crippen molar-refractivity contribution in [1.82, 2.24) is 15.0 Å². The van der Waals surface area contributed by atoms with Gasteiger partial charge in [-0.3, -0.25) is 9.78 Å². The number of aryl methyl sites for hydroxylation is 1. The lowest BCUT2D eigenvalue weighted by molar-refractivity contribution is 0.101. The van der Waals surface area contributed by atoms with Gasteiger partial charge in [-0.25, -0.2) is 14.4 Å². The van der Waals surface area contributed by atoms with E-state index in [1.807, 2.05) is 13.0 Å². The second-order valence-corrected chi connectivity index (χ2v) is 5.34. The third-order valence-corrected chi connectivity index (χ3v) is 3.41. The highest BCUT2D eigenvalue weighted by Gasteiger charge is 2.10. The lowest BCUT2D eigenvalue weighted by atomic mass is 10.1. The molecular weight excluding hydrogens is 307 g/mol. The number of carbonyl (C=O) groups excluding carboxylic acids is 1. The summed E-state index contributed by atoms with van der Waals surface area (Å²) >= 11 is 0. The van der Waals surface area contributed by atoms with Gasteiger partial charge in [0.15, 0.2) is 11.6 Å². The van der Waals surface area contributed by atoms with Crippen LogP contribution in [0.1, 0.15) is 23.0 Å². The Labute approximate surface area is 138 Å². The fourth-order valence-corrected chi connectivity index (χ4v) is 2.23. The summed E-state index contributed by atoms with van der Waals surface area (Å²) in [7, 11) is 0. The molecule has 0 aliphatic rings. The van der Waals surface area contributed by atoms with Crippen LogP contribution in [0.4, 0.5) is 15.9 Å². The van der Waals surface area contributed by atoms with Gasteiger partial charge < -0.3 is 5.32 Å². The number of rotatable bonds is 4. The molecule has 3 aromatic rings. The number of Topliss-reactive ketones (excluding diaryl/α,β-unsaturated/α-hetero) is 1. The van der Waals surface area contributed by atoms with Crippen LogP contribution in [0.15, 0.2) is 48.8 Å². The number of benzene rings is 1. The summed E-state index contributed by atoms with van der Waals surface area (Å²) in [4.78, 5) is 24.3. The van der Waals surface area contributed by atoms with Crippen LogP contribution in [0.5, 0.6) is 0 Å². The molecule has 0 aliphatic heterocycles. The highest BCUT2D eigenvalue weighted by Crippen LogP contribution is 2.23. The molecule has 6 heteroatoms. The van der Waals surface area contributed by atoms with Crippen LogP contribution in [0.2, 0.25) is 0 Å². The van der Waals surface area contributed by atoms with E-state index in [1.54, 1.807) is 24.5 Å². The summed E-state index contributed by atoms with van der Waals surface area (Å²) < 4.78 is 14.0. The van der Waals surface area contributed by atoms with Crippen LogP contribution in [0.3, 0.4) is 0 Å². The fraction of sp³-hybridized carbons (Fsp3) is 0.111. The van der Waals surface area contributed by atoms with Crippen molar-refractivity contribution in [2.75, 3.05) is 5.32 Å². The summed E-state index contributed by atoms with van der Waals surface area (Å²) in [5, 5.41) is 2.92. The molecule has 120 valence electrons. The number of carbonyl (C=O) groups is 1. The summed E-state index contributed by atoms with van der Waals surface area (Å²) in [6.45, 7) is 3.27. The van der Waals surface area contributed by atoms with Crippen molar-refractivity contribution in [3.63, 3.8) is 0 Å². The summed E-state index contributed by atoms with van der Waals surface area (Å²) in [6.07, 6.45) is 3.33. The Hall–Kier alpha value is -3.15. The first-order valence-corrected chi connectivity index (χ1v) is 7.36. The number of halogens is 1. The molecular formula is C18H15FN4O. The average molecular weight is 322 g/mol. The maximum absolute atomic E-state index is 14.0. The van der Waals surface area contributed by atoms with Gasteiger partial charge in [0, 0.05) is 35.3 Å². The Morgan fingerprint density at radius 1 is 1.17 bits per heavy atom. The molecule has 0 atom stereocenters. The Kier molecular flexibility index (Phi) is 4.29. The molecule has 0 saturated carbocycles. The molecule has 1 N–H and O–H groups in total. The van der Waals surface area contributed by atoms with E-state index in [0.29, 0.717) is 17.2 Å². The molecule has 0 spiro atoms. The highest BCUT2D eigenvalue weighted by atomic mass is 19.1. The molecule has 2 aromatic heterocycles. The monoisotopic (exact) mass is 322 g/mol. The zero-order chi connectivity index (χ0) is 17.1. The van der Waals surface area contributed by atoms with Gasteiger partial charge in [-0.2, -0.15) is 0 Å². The number of nitrogens with one attached hydrogen (secondary N) is 1. The Balaban J connectivity index is 1.98. The summed E-state index contributed by atoms with van der Waals surface area (Å²) in [5.41, 5.74) is 2.12. The molecule has 0 unspecified atom stereocenters. The standard InChI is InChI=1S/C18H15FN4O/c1-11-8-17(23-18(21-11)14-4-3-7-20-10-14)22-16-9-13(12(2)24)5-6-15(16)19/h3-10H,1-2H3,(H,21,22,23). The van der Waals surface area contributed by atoms with Crippen molar-refractivity contribution in [3.8, 4) is 11.4 Å². The third kappa shape index (κ3) is 3.43. The van der Waals surface area contributed by atoms with E-state index >= 15 is 0 Å². The van der Waals surface area contributed by atoms with Gasteiger partial charge in [0.2, 0.25) is 0 Å². The van der Waals surface area contributed by atoms with Gasteiger partial charge in [0.25, 0.3) is 0 Å². The van der Waals surface area contributed by atoms with E-state index in [0.717, 1.165) is 11.3 Å². The minimum absolute atomic E-state index is 0.132. The van der Waals surface area contributed by atoms with E-state index in [2.05, 4.69) is 20.3 Å². The minimum Gasteiger partial charge on any atom is -0.338 e. The van der Waals surface area contributed by atoms with E-state index in [1.165, 1.54) is 25.1 Å². The number of pyridine rings is 1. The minimum atomic E-state index is -0.459. The van der Waals surface area contributed by atoms with Crippen LogP contribution >= 0.6 is 0 Å². The first-order chi connectivity index (χ1) is 11.5. The van der Waals surface area contributed by atoms with Crippen molar-refractivity contribution in [2.24, 2.45) is 0 Å². The molecule has 24 heavy (non-hydrogen) atoms. The zero-order valence-corrected chi connectivity index (χ0v) is 13.2. The van der Waals surface area contributed by atoms with Gasteiger partial charge >= 0.3 is 0 Å². The highest BCUT2D eigenvalue weighted by molar-refractivity contribution is 5.95. The Morgan fingerprint density at radius 2 is 2.00 bits per heavy atom. The second kappa shape index (κ2) is 6.54. The number of hydrogen-bond donors (Lipinski definition) is 1. The SMILES string of the molecule is CC(=O)c1ccc(F)c(Nc2cc(C)nc(-c3cccnc3)n2)c1. The molecule has 0 saturated heterocycles. The van der Waals surface area contributed by atoms with Gasteiger partial charge in [-0.05, 0) is 44.2 Å². The normalized spacial score (nSPS) is 10.5. The largest absolute Gasteiger partial charge is 0.338 e. The van der Waals surface area contributed by atoms with Gasteiger partial charge in [-0.15, -0.1) is 0 Å². The Morgan fingerprint density at radius 3 is 2.71 bits per heavy atom. The topological polar surface area (TPSA) is 67.8 Å². The quantitative estimate of drug-likeness (QED) is 0.737. The Bertz CT molecular complexity index is 897. The van der Waals surface area contributed by atoms with Gasteiger partial charge in [0.05, 0.1) is 5.69 Å². The lowest BCUT2D eigenvalue weighted by Crippen LogP contribution is -2.02. The number of nitrogens with zero attached hydrogens (tertiary/aromatic N) is 3. The number of hydrogen-bond acceptors (Lipinski definition) is 5. The second-order valence-electron chi connectivity index (χ2n) is 5.34. The zero-order valence-electron chi connectivity index (χ0n) is 13.2. The molecule has 0 fully saturated rings. The number of ketones is 1. The number of anilines is 2. The summed E-state index contributed by atoms with van der Waals surface area (Å²) in [6, 6.07) is 9.54. The molecule has 1 aromatic carbocycles. The van der Waals surface area contributed by atoms with Gasteiger partial charge in [-0.1, -0.05) is 0 Å². The molecule has 5 nitrogen and oxygen atoms in total. The predicted octanol–water partition coefficient (Wildman–Crippen LogP) is 3.93. The lowest BCUT2D eigenvalue weighted by Gasteiger charge is -2.10. The van der Waals surface area contributed by atoms with Crippen LogP contribution in [-0.4, -0.2) is 20.7 Å². The van der Waals surface area contributed by atoms with Crippen LogP contribution in [-0.2, 0) is 0 Å². The third-order valence-electron chi connectivity index (χ3n) is 3.41. The van der Waals surface area contributed by atoms with E-state index in [-0.39, 0.29) is 11.5 Å². The van der Waals surface area contributed by atoms with Crippen molar-refractivity contribution in [3.05, 3.63) is 65.9 Å². The molecule has 3 rings (SSSR count). The van der Waals surface area contributed by atoms with Crippen molar-refractivity contribution < 1.29 is 9.18 Å². The van der Waals surface area contributed by atoms with Crippen molar-refractivity contribution >= 4 is 17.3 Å².